The first-order valence-electron chi connectivity index (χ1n) is 7.74. The lowest BCUT2D eigenvalue weighted by Gasteiger charge is -2.16. The molecule has 0 saturated heterocycles. The van der Waals surface area contributed by atoms with Gasteiger partial charge < -0.3 is 10.1 Å². The molecular formula is C18H11F6NO2S. The first-order valence-corrected chi connectivity index (χ1v) is 8.55. The summed E-state index contributed by atoms with van der Waals surface area (Å²) in [6.07, 6.45) is -9.42. The fourth-order valence-electron chi connectivity index (χ4n) is 2.37. The fraction of sp³-hybridized carbons (Fsp3) is 0.167. The number of carbonyl (C=O) groups is 1. The Bertz CT molecular complexity index is 976. The highest BCUT2D eigenvalue weighted by atomic mass is 32.1. The van der Waals surface area contributed by atoms with E-state index in [0.29, 0.717) is 12.1 Å². The Kier molecular flexibility index (Phi) is 5.24. The van der Waals surface area contributed by atoms with Crippen molar-refractivity contribution in [1.82, 2.24) is 0 Å². The lowest BCUT2D eigenvalue weighted by atomic mass is 10.1. The number of nitrogens with one attached hydrogen (secondary N) is 1. The van der Waals surface area contributed by atoms with E-state index in [9.17, 15) is 31.1 Å². The number of hydrogen-bond donors (Lipinski definition) is 1. The number of thiophene rings is 1. The van der Waals surface area contributed by atoms with Gasteiger partial charge in [0.1, 0.15) is 5.75 Å². The van der Waals surface area contributed by atoms with Crippen LogP contribution in [0.5, 0.6) is 5.75 Å². The Balaban J connectivity index is 1.91. The van der Waals surface area contributed by atoms with Gasteiger partial charge in [-0.1, -0.05) is 18.2 Å². The summed E-state index contributed by atoms with van der Waals surface area (Å²) in [4.78, 5) is 12.6. The van der Waals surface area contributed by atoms with E-state index < -0.39 is 41.9 Å². The zero-order valence-corrected chi connectivity index (χ0v) is 14.6. The molecule has 0 aliphatic rings. The van der Waals surface area contributed by atoms with Gasteiger partial charge in [-0.05, 0) is 35.7 Å². The van der Waals surface area contributed by atoms with Crippen molar-refractivity contribution < 1.29 is 35.9 Å². The first-order chi connectivity index (χ1) is 13.0. The standard InChI is InChI=1S/C18H11F6NO2S/c19-17(20,21)9-27-13-6-5-11(18(22,23)24)8-12(13)25-16(26)15-7-10-3-1-2-4-14(10)28-15/h1-8H,9H2,(H,25,26). The molecule has 0 fully saturated rings. The fourth-order valence-corrected chi connectivity index (χ4v) is 3.33. The van der Waals surface area contributed by atoms with Crippen LogP contribution in [0, 0.1) is 0 Å². The van der Waals surface area contributed by atoms with E-state index in [2.05, 4.69) is 10.1 Å². The summed E-state index contributed by atoms with van der Waals surface area (Å²) in [6, 6.07) is 10.4. The van der Waals surface area contributed by atoms with Gasteiger partial charge in [-0.25, -0.2) is 0 Å². The van der Waals surface area contributed by atoms with Crippen LogP contribution < -0.4 is 10.1 Å². The molecule has 3 nitrogen and oxygen atoms in total. The van der Waals surface area contributed by atoms with Crippen molar-refractivity contribution in [2.45, 2.75) is 12.4 Å². The number of anilines is 1. The summed E-state index contributed by atoms with van der Waals surface area (Å²) in [5, 5.41) is 2.98. The molecule has 3 rings (SSSR count). The molecule has 0 unspecified atom stereocenters. The first kappa shape index (κ1) is 20.0. The minimum absolute atomic E-state index is 0.195. The van der Waals surface area contributed by atoms with Crippen LogP contribution in [0.15, 0.2) is 48.5 Å². The number of benzene rings is 2. The van der Waals surface area contributed by atoms with Crippen LogP contribution in [0.2, 0.25) is 0 Å². The highest BCUT2D eigenvalue weighted by Gasteiger charge is 2.33. The van der Waals surface area contributed by atoms with Crippen LogP contribution in [0.1, 0.15) is 15.2 Å². The third-order valence-corrected chi connectivity index (χ3v) is 4.71. The van der Waals surface area contributed by atoms with Gasteiger partial charge in [-0.15, -0.1) is 11.3 Å². The quantitative estimate of drug-likeness (QED) is 0.518. The maximum absolute atomic E-state index is 12.9. The lowest BCUT2D eigenvalue weighted by Crippen LogP contribution is -2.20. The van der Waals surface area contributed by atoms with Crippen molar-refractivity contribution in [3.05, 3.63) is 59.0 Å². The molecule has 28 heavy (non-hydrogen) atoms. The molecule has 0 saturated carbocycles. The van der Waals surface area contributed by atoms with Crippen LogP contribution in [-0.4, -0.2) is 18.7 Å². The van der Waals surface area contributed by atoms with Gasteiger partial charge in [-0.2, -0.15) is 26.3 Å². The molecule has 0 radical (unpaired) electrons. The van der Waals surface area contributed by atoms with Gasteiger partial charge in [0.05, 0.1) is 16.1 Å². The molecule has 2 aromatic carbocycles. The van der Waals surface area contributed by atoms with Gasteiger partial charge in [0.25, 0.3) is 5.91 Å². The molecule has 1 amide bonds. The molecule has 0 atom stereocenters. The highest BCUT2D eigenvalue weighted by Crippen LogP contribution is 2.36. The Hall–Kier alpha value is -2.75. The van der Waals surface area contributed by atoms with Crippen molar-refractivity contribution in [1.29, 1.82) is 0 Å². The maximum atomic E-state index is 12.9. The summed E-state index contributed by atoms with van der Waals surface area (Å²) < 4.78 is 81.4. The second-order valence-electron chi connectivity index (χ2n) is 5.72. The SMILES string of the molecule is O=C(Nc1cc(C(F)(F)F)ccc1OCC(F)(F)F)c1cc2ccccc2s1. The predicted molar refractivity (Wildman–Crippen MR) is 92.8 cm³/mol. The minimum Gasteiger partial charge on any atom is -0.482 e. The zero-order valence-electron chi connectivity index (χ0n) is 13.8. The summed E-state index contributed by atoms with van der Waals surface area (Å²) in [5.41, 5.74) is -1.62. The smallest absolute Gasteiger partial charge is 0.422 e. The summed E-state index contributed by atoms with van der Waals surface area (Å²) in [6.45, 7) is -1.70. The van der Waals surface area contributed by atoms with E-state index in [-0.39, 0.29) is 4.88 Å². The average Bonchev–Trinajstić information content (AvgIpc) is 3.03. The third kappa shape index (κ3) is 4.75. The van der Waals surface area contributed by atoms with Crippen molar-refractivity contribution in [2.75, 3.05) is 11.9 Å². The van der Waals surface area contributed by atoms with Gasteiger partial charge in [0, 0.05) is 4.70 Å². The number of carbonyl (C=O) groups excluding carboxylic acids is 1. The number of alkyl halides is 6. The summed E-state index contributed by atoms with van der Waals surface area (Å²) >= 11 is 1.10. The second kappa shape index (κ2) is 7.34. The van der Waals surface area contributed by atoms with E-state index in [1.807, 2.05) is 0 Å². The number of ether oxygens (including phenoxy) is 1. The number of rotatable bonds is 4. The zero-order chi connectivity index (χ0) is 20.5. The Morgan fingerprint density at radius 2 is 1.71 bits per heavy atom. The Labute approximate surface area is 158 Å². The Morgan fingerprint density at radius 3 is 2.36 bits per heavy atom. The molecule has 3 aromatic rings. The maximum Gasteiger partial charge on any atom is 0.422 e. The predicted octanol–water partition coefficient (Wildman–Crippen LogP) is 6.11. The van der Waals surface area contributed by atoms with Crippen LogP contribution in [0.4, 0.5) is 32.0 Å². The molecule has 0 aliphatic heterocycles. The second-order valence-corrected chi connectivity index (χ2v) is 6.80. The van der Waals surface area contributed by atoms with Gasteiger partial charge in [0.2, 0.25) is 0 Å². The van der Waals surface area contributed by atoms with E-state index in [1.165, 1.54) is 0 Å². The van der Waals surface area contributed by atoms with Gasteiger partial charge in [-0.3, -0.25) is 4.79 Å². The molecule has 1 N–H and O–H groups in total. The molecular weight excluding hydrogens is 408 g/mol. The monoisotopic (exact) mass is 419 g/mol. The number of hydrogen-bond acceptors (Lipinski definition) is 3. The molecule has 0 bridgehead atoms. The molecule has 148 valence electrons. The van der Waals surface area contributed by atoms with Crippen LogP contribution >= 0.6 is 11.3 Å². The molecule has 1 heterocycles. The molecule has 0 spiro atoms. The van der Waals surface area contributed by atoms with Crippen molar-refractivity contribution in [3.63, 3.8) is 0 Å². The van der Waals surface area contributed by atoms with Crippen LogP contribution in [-0.2, 0) is 6.18 Å². The number of halogens is 6. The third-order valence-electron chi connectivity index (χ3n) is 3.60. The van der Waals surface area contributed by atoms with Crippen LogP contribution in [0.3, 0.4) is 0 Å². The number of fused-ring (bicyclic) bond motifs is 1. The van der Waals surface area contributed by atoms with Crippen molar-refractivity contribution in [3.8, 4) is 5.75 Å². The van der Waals surface area contributed by atoms with E-state index in [0.717, 1.165) is 27.5 Å². The largest absolute Gasteiger partial charge is 0.482 e. The Morgan fingerprint density at radius 1 is 1.00 bits per heavy atom. The highest BCUT2D eigenvalue weighted by molar-refractivity contribution is 7.20. The van der Waals surface area contributed by atoms with E-state index >= 15 is 0 Å². The van der Waals surface area contributed by atoms with Crippen molar-refractivity contribution >= 4 is 33.0 Å². The lowest BCUT2D eigenvalue weighted by molar-refractivity contribution is -0.153. The molecule has 1 aromatic heterocycles. The van der Waals surface area contributed by atoms with Gasteiger partial charge >= 0.3 is 12.4 Å². The van der Waals surface area contributed by atoms with Crippen LogP contribution in [0.25, 0.3) is 10.1 Å². The van der Waals surface area contributed by atoms with E-state index in [1.54, 1.807) is 30.3 Å². The minimum atomic E-state index is -4.74. The molecule has 0 aliphatic carbocycles. The summed E-state index contributed by atoms with van der Waals surface area (Å²) in [7, 11) is 0. The average molecular weight is 419 g/mol. The van der Waals surface area contributed by atoms with Crippen molar-refractivity contribution in [2.24, 2.45) is 0 Å². The van der Waals surface area contributed by atoms with Gasteiger partial charge in [0.15, 0.2) is 6.61 Å². The normalized spacial score (nSPS) is 12.2. The summed E-state index contributed by atoms with van der Waals surface area (Å²) in [5.74, 6) is -1.27. The molecule has 10 heteroatoms. The van der Waals surface area contributed by atoms with E-state index in [4.69, 9.17) is 0 Å². The number of amides is 1. The topological polar surface area (TPSA) is 38.3 Å².